The van der Waals surface area contributed by atoms with E-state index in [-0.39, 0.29) is 46.8 Å². The summed E-state index contributed by atoms with van der Waals surface area (Å²) in [5, 5.41) is 22.3. The molecule has 0 bridgehead atoms. The number of hydrogen-bond acceptors (Lipinski definition) is 6. The summed E-state index contributed by atoms with van der Waals surface area (Å²) in [5.41, 5.74) is 0.918. The molecule has 24 heavy (non-hydrogen) atoms. The molecule has 2 aromatic heterocycles. The molecule has 0 radical (unpaired) electrons. The second kappa shape index (κ2) is 7.39. The van der Waals surface area contributed by atoms with Crippen LogP contribution in [0.15, 0.2) is 46.9 Å². The topological polar surface area (TPSA) is 109 Å². The molecule has 1 aromatic carbocycles. The summed E-state index contributed by atoms with van der Waals surface area (Å²) in [6, 6.07) is 10.9. The fourth-order valence-electron chi connectivity index (χ4n) is 2.15. The van der Waals surface area contributed by atoms with Gasteiger partial charge in [-0.2, -0.15) is 0 Å². The molecule has 0 aliphatic rings. The van der Waals surface area contributed by atoms with Crippen LogP contribution in [0.3, 0.4) is 0 Å². The predicted molar refractivity (Wildman–Crippen MR) is 80.4 cm³/mol. The van der Waals surface area contributed by atoms with Crippen LogP contribution >= 0.6 is 0 Å². The maximum atomic E-state index is 11.3. The standard InChI is InChI=1S/C16H10N2O5.Na/c19-16(20)13-9-10(17-14-4-2-1-3-12(13)14)5-6-11-7-8-15(23-11)18(21)22;/h1-9H,(H,19,20);/q;+1/p-1/b6-5+;. The molecule has 7 nitrogen and oxygen atoms in total. The Kier molecular flexibility index (Phi) is 5.50. The molecule has 0 atom stereocenters. The number of aromatic carboxylic acids is 1. The molecule has 8 heteroatoms. The molecule has 0 N–H and O–H groups in total. The van der Waals surface area contributed by atoms with Crippen molar-refractivity contribution in [1.29, 1.82) is 0 Å². The zero-order chi connectivity index (χ0) is 16.4. The fraction of sp³-hybridized carbons (Fsp3) is 0. The number of carboxylic acids is 1. The van der Waals surface area contributed by atoms with Gasteiger partial charge in [-0.05, 0) is 30.4 Å². The zero-order valence-corrected chi connectivity index (χ0v) is 14.6. The number of carboxylic acid groups (broad SMARTS) is 1. The largest absolute Gasteiger partial charge is 1.00 e. The minimum atomic E-state index is -1.30. The van der Waals surface area contributed by atoms with Crippen molar-refractivity contribution in [1.82, 2.24) is 4.98 Å². The van der Waals surface area contributed by atoms with E-state index < -0.39 is 10.9 Å². The second-order valence-electron chi connectivity index (χ2n) is 4.67. The number of carbonyl (C=O) groups is 1. The number of nitrogens with zero attached hydrogens (tertiary/aromatic N) is 2. The Morgan fingerprint density at radius 1 is 1.17 bits per heavy atom. The summed E-state index contributed by atoms with van der Waals surface area (Å²) < 4.78 is 4.99. The third-order valence-electron chi connectivity index (χ3n) is 3.17. The molecule has 0 amide bonds. The molecule has 3 rings (SSSR count). The number of nitro groups is 1. The molecule has 0 saturated heterocycles. The second-order valence-corrected chi connectivity index (χ2v) is 4.67. The molecule has 3 aromatic rings. The van der Waals surface area contributed by atoms with E-state index in [0.717, 1.165) is 0 Å². The number of rotatable bonds is 4. The van der Waals surface area contributed by atoms with Crippen molar-refractivity contribution in [2.75, 3.05) is 0 Å². The number of furan rings is 1. The molecule has 114 valence electrons. The Balaban J connectivity index is 0.00000208. The third-order valence-corrected chi connectivity index (χ3v) is 3.17. The Bertz CT molecular complexity index is 949. The number of carbonyl (C=O) groups excluding carboxylic acids is 1. The third kappa shape index (κ3) is 3.70. The van der Waals surface area contributed by atoms with Gasteiger partial charge in [0.25, 0.3) is 0 Å². The summed E-state index contributed by atoms with van der Waals surface area (Å²) in [7, 11) is 0. The predicted octanol–water partition coefficient (Wildman–Crippen LogP) is -0.726. The van der Waals surface area contributed by atoms with Crippen LogP contribution < -0.4 is 34.7 Å². The average molecular weight is 332 g/mol. The van der Waals surface area contributed by atoms with Gasteiger partial charge >= 0.3 is 35.4 Å². The van der Waals surface area contributed by atoms with E-state index in [1.807, 2.05) is 0 Å². The van der Waals surface area contributed by atoms with Crippen LogP contribution in [-0.4, -0.2) is 15.9 Å². The van der Waals surface area contributed by atoms with Gasteiger partial charge in [-0.3, -0.25) is 10.1 Å². The quantitative estimate of drug-likeness (QED) is 0.354. The monoisotopic (exact) mass is 332 g/mol. The van der Waals surface area contributed by atoms with Crippen molar-refractivity contribution < 1.29 is 48.8 Å². The van der Waals surface area contributed by atoms with Gasteiger partial charge in [-0.25, -0.2) is 4.98 Å². The maximum absolute atomic E-state index is 11.3. The Morgan fingerprint density at radius 3 is 2.58 bits per heavy atom. The molecular weight excluding hydrogens is 323 g/mol. The van der Waals surface area contributed by atoms with Crippen LogP contribution in [0.4, 0.5) is 5.88 Å². The Hall–Kier alpha value is -2.48. The van der Waals surface area contributed by atoms with Crippen LogP contribution in [0.25, 0.3) is 23.1 Å². The number of pyridine rings is 1. The number of benzene rings is 1. The van der Waals surface area contributed by atoms with Gasteiger partial charge in [0, 0.05) is 10.9 Å². The van der Waals surface area contributed by atoms with Crippen molar-refractivity contribution >= 4 is 34.9 Å². The zero-order valence-electron chi connectivity index (χ0n) is 12.6. The first-order valence-electron chi connectivity index (χ1n) is 6.58. The smallest absolute Gasteiger partial charge is 0.545 e. The van der Waals surface area contributed by atoms with E-state index in [1.165, 1.54) is 30.4 Å². The van der Waals surface area contributed by atoms with Gasteiger partial charge < -0.3 is 14.3 Å². The number of para-hydroxylation sites is 1. The first kappa shape index (κ1) is 17.9. The van der Waals surface area contributed by atoms with Crippen molar-refractivity contribution in [2.45, 2.75) is 0 Å². The van der Waals surface area contributed by atoms with Gasteiger partial charge in [0.05, 0.1) is 23.2 Å². The van der Waals surface area contributed by atoms with Crippen LogP contribution in [-0.2, 0) is 0 Å². The first-order chi connectivity index (χ1) is 11.0. The summed E-state index contributed by atoms with van der Waals surface area (Å²) in [6.45, 7) is 0. The maximum Gasteiger partial charge on any atom is 1.00 e. The van der Waals surface area contributed by atoms with Gasteiger partial charge in [0.1, 0.15) is 10.7 Å². The summed E-state index contributed by atoms with van der Waals surface area (Å²) >= 11 is 0. The normalized spacial score (nSPS) is 10.7. The van der Waals surface area contributed by atoms with E-state index in [1.54, 1.807) is 24.3 Å². The average Bonchev–Trinajstić information content (AvgIpc) is 3.01. The van der Waals surface area contributed by atoms with Crippen LogP contribution in [0.2, 0.25) is 0 Å². The summed E-state index contributed by atoms with van der Waals surface area (Å²) in [6.07, 6.45) is 2.99. The van der Waals surface area contributed by atoms with Gasteiger partial charge in [0.15, 0.2) is 0 Å². The summed E-state index contributed by atoms with van der Waals surface area (Å²) in [5.74, 6) is -1.40. The molecule has 0 aliphatic heterocycles. The molecule has 0 fully saturated rings. The van der Waals surface area contributed by atoms with E-state index in [4.69, 9.17) is 4.42 Å². The van der Waals surface area contributed by atoms with E-state index in [0.29, 0.717) is 16.6 Å². The van der Waals surface area contributed by atoms with Crippen molar-refractivity contribution in [3.05, 3.63) is 69.6 Å². The molecule has 0 unspecified atom stereocenters. The minimum Gasteiger partial charge on any atom is -0.545 e. The Morgan fingerprint density at radius 2 is 1.92 bits per heavy atom. The molecule has 0 spiro atoms. The van der Waals surface area contributed by atoms with Crippen molar-refractivity contribution in [2.24, 2.45) is 0 Å². The van der Waals surface area contributed by atoms with Crippen molar-refractivity contribution in [3.63, 3.8) is 0 Å². The molecule has 0 aliphatic carbocycles. The molecule has 0 saturated carbocycles. The van der Waals surface area contributed by atoms with Gasteiger partial charge in [0.2, 0.25) is 0 Å². The van der Waals surface area contributed by atoms with E-state index in [9.17, 15) is 20.0 Å². The number of fused-ring (bicyclic) bond motifs is 1. The summed E-state index contributed by atoms with van der Waals surface area (Å²) in [4.78, 5) is 25.5. The van der Waals surface area contributed by atoms with Crippen molar-refractivity contribution in [3.8, 4) is 0 Å². The van der Waals surface area contributed by atoms with E-state index in [2.05, 4.69) is 4.98 Å². The SMILES string of the molecule is O=C([O-])c1cc(/C=C/c2ccc([N+](=O)[O-])o2)nc2ccccc12.[Na+]. The van der Waals surface area contributed by atoms with Gasteiger partial charge in [-0.15, -0.1) is 0 Å². The number of aromatic nitrogens is 1. The van der Waals surface area contributed by atoms with Gasteiger partial charge in [-0.1, -0.05) is 18.2 Å². The number of hydrogen-bond donors (Lipinski definition) is 0. The van der Waals surface area contributed by atoms with Crippen LogP contribution in [0.5, 0.6) is 0 Å². The fourth-order valence-corrected chi connectivity index (χ4v) is 2.15. The Labute approximate surface area is 158 Å². The van der Waals surface area contributed by atoms with E-state index >= 15 is 0 Å². The first-order valence-corrected chi connectivity index (χ1v) is 6.58. The molecular formula is C16H9N2NaO5. The van der Waals surface area contributed by atoms with Crippen LogP contribution in [0.1, 0.15) is 21.8 Å². The van der Waals surface area contributed by atoms with Crippen LogP contribution in [0, 0.1) is 10.1 Å². The molecule has 2 heterocycles. The minimum absolute atomic E-state index is 0.